The summed E-state index contributed by atoms with van der Waals surface area (Å²) in [5.74, 6) is 0. The van der Waals surface area contributed by atoms with Gasteiger partial charge in [-0.05, 0) is 19.0 Å². The van der Waals surface area contributed by atoms with Gasteiger partial charge in [-0.2, -0.15) is 0 Å². The number of likely N-dealkylation sites (N-methyl/N-ethyl adjacent to an activating group) is 1. The van der Waals surface area contributed by atoms with Crippen LogP contribution in [0.15, 0.2) is 24.3 Å². The van der Waals surface area contributed by atoms with Gasteiger partial charge in [-0.1, -0.05) is 36.8 Å². The third-order valence-corrected chi connectivity index (χ3v) is 3.87. The lowest BCUT2D eigenvalue weighted by Gasteiger charge is -2.35. The van der Waals surface area contributed by atoms with Gasteiger partial charge >= 0.3 is 0 Å². The molecule has 18 heavy (non-hydrogen) atoms. The van der Waals surface area contributed by atoms with Gasteiger partial charge < -0.3 is 10.6 Å². The van der Waals surface area contributed by atoms with E-state index in [0.717, 1.165) is 26.2 Å². The molecule has 3 nitrogen and oxygen atoms in total. The monoisotopic (exact) mass is 247 g/mol. The zero-order chi connectivity index (χ0) is 13.0. The third-order valence-electron chi connectivity index (χ3n) is 3.87. The summed E-state index contributed by atoms with van der Waals surface area (Å²) in [7, 11) is 0. The number of piperazine rings is 1. The average Bonchev–Trinajstić information content (AvgIpc) is 2.40. The average molecular weight is 247 g/mol. The van der Waals surface area contributed by atoms with Crippen molar-refractivity contribution in [1.29, 1.82) is 0 Å². The van der Waals surface area contributed by atoms with Crippen LogP contribution >= 0.6 is 0 Å². The van der Waals surface area contributed by atoms with Gasteiger partial charge in [0.15, 0.2) is 0 Å². The molecule has 1 atom stereocenters. The molecule has 1 aliphatic rings. The summed E-state index contributed by atoms with van der Waals surface area (Å²) in [6, 6.07) is 8.73. The Labute approximate surface area is 111 Å². The third kappa shape index (κ3) is 3.55. The van der Waals surface area contributed by atoms with E-state index in [-0.39, 0.29) is 6.04 Å². The van der Waals surface area contributed by atoms with Gasteiger partial charge in [0.25, 0.3) is 0 Å². The number of nitrogens with two attached hydrogens (primary N) is 1. The highest BCUT2D eigenvalue weighted by Crippen LogP contribution is 2.14. The molecule has 1 unspecified atom stereocenters. The molecule has 1 aromatic carbocycles. The minimum Gasteiger partial charge on any atom is -0.323 e. The van der Waals surface area contributed by atoms with Crippen LogP contribution in [0.5, 0.6) is 0 Å². The summed E-state index contributed by atoms with van der Waals surface area (Å²) in [6.07, 6.45) is 0. The van der Waals surface area contributed by atoms with Gasteiger partial charge in [-0.3, -0.25) is 4.90 Å². The second kappa shape index (κ2) is 6.32. The van der Waals surface area contributed by atoms with Gasteiger partial charge in [-0.15, -0.1) is 0 Å². The Hall–Kier alpha value is -0.900. The fourth-order valence-corrected chi connectivity index (χ4v) is 2.49. The quantitative estimate of drug-likeness (QED) is 0.878. The lowest BCUT2D eigenvalue weighted by Crippen LogP contribution is -2.48. The maximum Gasteiger partial charge on any atom is 0.0424 e. The topological polar surface area (TPSA) is 32.5 Å². The Morgan fingerprint density at radius 2 is 1.61 bits per heavy atom. The summed E-state index contributed by atoms with van der Waals surface area (Å²) < 4.78 is 0. The maximum absolute atomic E-state index is 6.29. The van der Waals surface area contributed by atoms with E-state index >= 15 is 0 Å². The Morgan fingerprint density at radius 3 is 2.17 bits per heavy atom. The first-order valence-corrected chi connectivity index (χ1v) is 6.96. The van der Waals surface area contributed by atoms with Crippen molar-refractivity contribution in [2.75, 3.05) is 39.3 Å². The smallest absolute Gasteiger partial charge is 0.0424 e. The van der Waals surface area contributed by atoms with Crippen molar-refractivity contribution < 1.29 is 0 Å². The highest BCUT2D eigenvalue weighted by atomic mass is 15.3. The maximum atomic E-state index is 6.29. The van der Waals surface area contributed by atoms with Crippen LogP contribution in [0.4, 0.5) is 0 Å². The summed E-state index contributed by atoms with van der Waals surface area (Å²) in [5, 5.41) is 0. The fraction of sp³-hybridized carbons (Fsp3) is 0.600. The molecule has 2 N–H and O–H groups in total. The van der Waals surface area contributed by atoms with E-state index in [1.165, 1.54) is 24.2 Å². The van der Waals surface area contributed by atoms with E-state index in [4.69, 9.17) is 5.73 Å². The molecular formula is C15H25N3. The predicted octanol–water partition coefficient (Wildman–Crippen LogP) is 1.63. The van der Waals surface area contributed by atoms with E-state index in [2.05, 4.69) is 47.9 Å². The Bertz CT molecular complexity index is 353. The molecule has 0 amide bonds. The Kier molecular flexibility index (Phi) is 4.75. The molecule has 1 aliphatic heterocycles. The minimum absolute atomic E-state index is 0.138. The molecule has 2 rings (SSSR count). The fourth-order valence-electron chi connectivity index (χ4n) is 2.49. The zero-order valence-electron chi connectivity index (χ0n) is 11.6. The predicted molar refractivity (Wildman–Crippen MR) is 76.7 cm³/mol. The zero-order valence-corrected chi connectivity index (χ0v) is 11.6. The summed E-state index contributed by atoms with van der Waals surface area (Å²) in [5.41, 5.74) is 8.83. The standard InChI is InChI=1S/C15H25N3/c1-3-17-8-10-18(11-9-17)12-15(16)14-6-4-13(2)5-7-14/h4-7,15H,3,8-12,16H2,1-2H3. The molecule has 0 spiro atoms. The van der Waals surface area contributed by atoms with Crippen molar-refractivity contribution >= 4 is 0 Å². The van der Waals surface area contributed by atoms with Gasteiger partial charge in [0.2, 0.25) is 0 Å². The van der Waals surface area contributed by atoms with Gasteiger partial charge in [0, 0.05) is 38.8 Å². The highest BCUT2D eigenvalue weighted by Gasteiger charge is 2.18. The molecule has 1 saturated heterocycles. The number of rotatable bonds is 4. The molecule has 0 aromatic heterocycles. The van der Waals surface area contributed by atoms with Crippen LogP contribution in [0, 0.1) is 6.92 Å². The second-order valence-electron chi connectivity index (χ2n) is 5.25. The van der Waals surface area contributed by atoms with Crippen LogP contribution in [-0.2, 0) is 0 Å². The van der Waals surface area contributed by atoms with Crippen LogP contribution in [-0.4, -0.2) is 49.1 Å². The first kappa shape index (κ1) is 13.5. The van der Waals surface area contributed by atoms with Gasteiger partial charge in [0.05, 0.1) is 0 Å². The Balaban J connectivity index is 1.84. The molecular weight excluding hydrogens is 222 g/mol. The van der Waals surface area contributed by atoms with Crippen molar-refractivity contribution in [3.05, 3.63) is 35.4 Å². The highest BCUT2D eigenvalue weighted by molar-refractivity contribution is 5.24. The molecule has 1 fully saturated rings. The van der Waals surface area contributed by atoms with Crippen LogP contribution in [0.3, 0.4) is 0 Å². The van der Waals surface area contributed by atoms with E-state index in [1.807, 2.05) is 0 Å². The number of aryl methyl sites for hydroxylation is 1. The molecule has 0 radical (unpaired) electrons. The first-order valence-electron chi connectivity index (χ1n) is 6.96. The van der Waals surface area contributed by atoms with E-state index < -0.39 is 0 Å². The number of benzene rings is 1. The summed E-state index contributed by atoms with van der Waals surface area (Å²) in [4.78, 5) is 4.98. The van der Waals surface area contributed by atoms with Crippen molar-refractivity contribution in [1.82, 2.24) is 9.80 Å². The van der Waals surface area contributed by atoms with E-state index in [9.17, 15) is 0 Å². The number of nitrogens with zero attached hydrogens (tertiary/aromatic N) is 2. The van der Waals surface area contributed by atoms with E-state index in [1.54, 1.807) is 0 Å². The second-order valence-corrected chi connectivity index (χ2v) is 5.25. The van der Waals surface area contributed by atoms with Crippen LogP contribution in [0.2, 0.25) is 0 Å². The first-order chi connectivity index (χ1) is 8.69. The molecule has 0 saturated carbocycles. The molecule has 1 heterocycles. The number of hydrogen-bond acceptors (Lipinski definition) is 3. The van der Waals surface area contributed by atoms with Crippen molar-refractivity contribution in [2.24, 2.45) is 5.73 Å². The van der Waals surface area contributed by atoms with Crippen molar-refractivity contribution in [2.45, 2.75) is 19.9 Å². The molecule has 1 aromatic rings. The van der Waals surface area contributed by atoms with Gasteiger partial charge in [0.1, 0.15) is 0 Å². The molecule has 0 aliphatic carbocycles. The Morgan fingerprint density at radius 1 is 1.06 bits per heavy atom. The SMILES string of the molecule is CCN1CCN(CC(N)c2ccc(C)cc2)CC1. The van der Waals surface area contributed by atoms with Crippen LogP contribution < -0.4 is 5.73 Å². The lowest BCUT2D eigenvalue weighted by molar-refractivity contribution is 0.132. The number of hydrogen-bond donors (Lipinski definition) is 1. The van der Waals surface area contributed by atoms with E-state index in [0.29, 0.717) is 0 Å². The summed E-state index contributed by atoms with van der Waals surface area (Å²) >= 11 is 0. The molecule has 100 valence electrons. The molecule has 3 heteroatoms. The van der Waals surface area contributed by atoms with Gasteiger partial charge in [-0.25, -0.2) is 0 Å². The minimum atomic E-state index is 0.138. The lowest BCUT2D eigenvalue weighted by atomic mass is 10.1. The van der Waals surface area contributed by atoms with Crippen LogP contribution in [0.1, 0.15) is 24.1 Å². The summed E-state index contributed by atoms with van der Waals surface area (Å²) in [6.45, 7) is 11.1. The molecule has 0 bridgehead atoms. The van der Waals surface area contributed by atoms with Crippen molar-refractivity contribution in [3.8, 4) is 0 Å². The normalized spacial score (nSPS) is 19.9. The van der Waals surface area contributed by atoms with Crippen LogP contribution in [0.25, 0.3) is 0 Å². The van der Waals surface area contributed by atoms with Crippen molar-refractivity contribution in [3.63, 3.8) is 0 Å². The largest absolute Gasteiger partial charge is 0.323 e.